The maximum atomic E-state index is 2.30. The molecule has 0 bridgehead atoms. The van der Waals surface area contributed by atoms with Gasteiger partial charge >= 0.3 is 42.4 Å². The van der Waals surface area contributed by atoms with Crippen molar-refractivity contribution in [2.45, 2.75) is 54.4 Å². The highest BCUT2D eigenvalue weighted by atomic mass is 127. The van der Waals surface area contributed by atoms with Crippen molar-refractivity contribution in [1.82, 2.24) is 0 Å². The fourth-order valence-electron chi connectivity index (χ4n) is 3.65. The number of rotatable bonds is 5. The molecule has 0 saturated heterocycles. The molecule has 34 heavy (non-hydrogen) atoms. The number of aryl methyl sites for hydroxylation is 5. The summed E-state index contributed by atoms with van der Waals surface area (Å²) in [5, 5.41) is 0. The highest BCUT2D eigenvalue weighted by molar-refractivity contribution is 5.27. The summed E-state index contributed by atoms with van der Waals surface area (Å²) in [4.78, 5) is 0. The lowest BCUT2D eigenvalue weighted by Gasteiger charge is -2.02. The van der Waals surface area contributed by atoms with Gasteiger partial charge in [0, 0.05) is 11.1 Å². The first-order valence-corrected chi connectivity index (χ1v) is 16.1. The van der Waals surface area contributed by atoms with Gasteiger partial charge in [-0.05, 0) is 82.5 Å². The average molecular weight is 674 g/mol. The molecule has 0 heterocycles. The molecule has 0 aliphatic heterocycles. The van der Waals surface area contributed by atoms with Gasteiger partial charge in [0.15, 0.2) is 14.3 Å². The fourth-order valence-corrected chi connectivity index (χ4v) is 8.31. The molecule has 0 unspecified atom stereocenters. The molecule has 0 N–H and O–H groups in total. The molecule has 0 saturated carbocycles. The fraction of sp³-hybridized carbons (Fsp3) is 0.250. The van der Waals surface area contributed by atoms with E-state index in [1.165, 1.54) is 44.1 Å². The highest BCUT2D eigenvalue weighted by Gasteiger charge is 2.21. The van der Waals surface area contributed by atoms with E-state index in [1.807, 2.05) is 0 Å². The zero-order valence-electron chi connectivity index (χ0n) is 21.4. The number of benzene rings is 4. The Morgan fingerprint density at radius 3 is 1.26 bits per heavy atom. The normalized spacial score (nSPS) is 10.7. The molecule has 4 rings (SSSR count). The van der Waals surface area contributed by atoms with Crippen molar-refractivity contribution < 1.29 is 42.4 Å². The number of hydrogen-bond donors (Lipinski definition) is 0. The van der Waals surface area contributed by atoms with Crippen LogP contribution >= 0.6 is 0 Å². The maximum Gasteiger partial charge on any atom is 0.358 e. The predicted octanol–water partition coefficient (Wildman–Crippen LogP) is 2.30. The lowest BCUT2D eigenvalue weighted by Crippen LogP contribution is -3.62. The first kappa shape index (κ1) is 26.9. The summed E-state index contributed by atoms with van der Waals surface area (Å²) in [6.07, 6.45) is 0. The summed E-state index contributed by atoms with van der Waals surface area (Å²) in [7, 11) is 0. The molecule has 4 aromatic carbocycles. The minimum Gasteiger partial charge on any atom is -0.0587 e. The van der Waals surface area contributed by atoms with Crippen LogP contribution in [0, 0.1) is 48.9 Å². The highest BCUT2D eigenvalue weighted by Crippen LogP contribution is 2.12. The molecule has 176 valence electrons. The van der Waals surface area contributed by atoms with Gasteiger partial charge in [0.2, 0.25) is 0 Å². The van der Waals surface area contributed by atoms with Gasteiger partial charge in [-0.25, -0.2) is 0 Å². The Kier molecular flexibility index (Phi) is 10.2. The van der Waals surface area contributed by atoms with Crippen LogP contribution in [-0.2, 0) is 0 Å². The molecule has 0 spiro atoms. The second kappa shape index (κ2) is 12.9. The van der Waals surface area contributed by atoms with Crippen molar-refractivity contribution in [3.8, 4) is 0 Å². The predicted molar refractivity (Wildman–Crippen MR) is 138 cm³/mol. The molecular weight excluding hydrogens is 638 g/mol. The summed E-state index contributed by atoms with van der Waals surface area (Å²) >= 11 is -0.0570. The summed E-state index contributed by atoms with van der Waals surface area (Å²) in [5.74, 6) is 0.627. The van der Waals surface area contributed by atoms with Gasteiger partial charge in [-0.3, -0.25) is 0 Å². The number of halogens is 2. The molecule has 0 nitrogen and oxygen atoms in total. The molecule has 0 aliphatic rings. The Balaban J connectivity index is 0.000000191. The monoisotopic (exact) mass is 674 g/mol. The lowest BCUT2D eigenvalue weighted by molar-refractivity contribution is -0.598. The van der Waals surface area contributed by atoms with Gasteiger partial charge in [0.1, 0.15) is 0 Å². The van der Waals surface area contributed by atoms with Gasteiger partial charge in [0.25, 0.3) is 0 Å². The van der Waals surface area contributed by atoms with Crippen LogP contribution in [0.5, 0.6) is 0 Å². The van der Waals surface area contributed by atoms with Gasteiger partial charge in [-0.2, -0.15) is 0 Å². The van der Waals surface area contributed by atoms with E-state index < -0.39 is 0 Å². The van der Waals surface area contributed by atoms with Crippen molar-refractivity contribution in [1.29, 1.82) is 0 Å². The molecule has 0 aliphatic carbocycles. The van der Waals surface area contributed by atoms with Crippen molar-refractivity contribution >= 4 is 0 Å². The van der Waals surface area contributed by atoms with Gasteiger partial charge < -0.3 is 0 Å². The molecule has 0 amide bonds. The first-order valence-electron chi connectivity index (χ1n) is 11.8. The smallest absolute Gasteiger partial charge is 0.0587 e. The van der Waals surface area contributed by atoms with Crippen LogP contribution in [0.4, 0.5) is 0 Å². The van der Waals surface area contributed by atoms with Crippen molar-refractivity contribution in [2.75, 3.05) is 0 Å². The summed E-state index contributed by atoms with van der Waals surface area (Å²) in [5.41, 5.74) is 8.40. The largest absolute Gasteiger partial charge is 0.358 e. The molecule has 0 aromatic heterocycles. The molecule has 0 radical (unpaired) electrons. The van der Waals surface area contributed by atoms with E-state index in [0.29, 0.717) is 5.92 Å². The van der Waals surface area contributed by atoms with E-state index in [9.17, 15) is 0 Å². The summed E-state index contributed by atoms with van der Waals surface area (Å²) < 4.78 is 6.08. The number of hydrogen-bond acceptors (Lipinski definition) is 0. The van der Waals surface area contributed by atoms with E-state index in [4.69, 9.17) is 0 Å². The van der Waals surface area contributed by atoms with Gasteiger partial charge in [-0.15, -0.1) is 0 Å². The van der Waals surface area contributed by atoms with E-state index in [0.717, 1.165) is 0 Å². The SMILES string of the molecule is Cc1ccc([I+]c2c(C)cc(C)cc2C)cc1.Cc1ccc([I+]c2ccc(C(C)C)cc2)cc1. The summed E-state index contributed by atoms with van der Waals surface area (Å²) in [6, 6.07) is 31.7. The van der Waals surface area contributed by atoms with Crippen LogP contribution in [0.25, 0.3) is 0 Å². The van der Waals surface area contributed by atoms with E-state index >= 15 is 0 Å². The van der Waals surface area contributed by atoms with E-state index in [2.05, 4.69) is 133 Å². The first-order chi connectivity index (χ1) is 16.2. The van der Waals surface area contributed by atoms with Crippen molar-refractivity contribution in [2.24, 2.45) is 0 Å². The molecule has 2 heteroatoms. The third-order valence-corrected chi connectivity index (χ3v) is 11.8. The Morgan fingerprint density at radius 2 is 0.853 bits per heavy atom. The minimum absolute atomic E-state index is 0.0167. The van der Waals surface area contributed by atoms with E-state index in [-0.39, 0.29) is 42.4 Å². The Morgan fingerprint density at radius 1 is 0.471 bits per heavy atom. The maximum absolute atomic E-state index is 2.30. The topological polar surface area (TPSA) is 0 Å². The Bertz CT molecular complexity index is 1160. The zero-order chi connectivity index (χ0) is 24.7. The van der Waals surface area contributed by atoms with Crippen LogP contribution in [0.3, 0.4) is 0 Å². The quantitative estimate of drug-likeness (QED) is 0.286. The Hall–Kier alpha value is -1.66. The van der Waals surface area contributed by atoms with Crippen LogP contribution < -0.4 is 42.4 Å². The van der Waals surface area contributed by atoms with E-state index in [1.54, 1.807) is 3.57 Å². The molecule has 0 fully saturated rings. The van der Waals surface area contributed by atoms with Crippen molar-refractivity contribution in [3.63, 3.8) is 0 Å². The third kappa shape index (κ3) is 8.23. The second-order valence-corrected chi connectivity index (χ2v) is 15.1. The van der Waals surface area contributed by atoms with Crippen LogP contribution in [-0.4, -0.2) is 0 Å². The standard InChI is InChI=1S/2C16H18I/c1-12(2)14-6-10-16(11-7-14)17-15-8-4-13(3)5-9-15;1-11-5-7-15(8-6-11)17-16-13(3)9-12(2)10-14(16)4/h4-12H,1-3H3;5-10H,1-4H3/q2*+1. The average Bonchev–Trinajstić information content (AvgIpc) is 2.80. The van der Waals surface area contributed by atoms with Crippen LogP contribution in [0.1, 0.15) is 53.1 Å². The molecule has 4 aromatic rings. The summed E-state index contributed by atoms with van der Waals surface area (Å²) in [6.45, 7) is 15.4. The molecular formula is C32H36I2+2. The van der Waals surface area contributed by atoms with Gasteiger partial charge in [0.05, 0.1) is 0 Å². The third-order valence-electron chi connectivity index (χ3n) is 5.56. The van der Waals surface area contributed by atoms with Crippen LogP contribution in [0.2, 0.25) is 0 Å². The zero-order valence-corrected chi connectivity index (χ0v) is 25.7. The Labute approximate surface area is 227 Å². The van der Waals surface area contributed by atoms with Gasteiger partial charge in [-0.1, -0.05) is 79.1 Å². The van der Waals surface area contributed by atoms with Crippen molar-refractivity contribution in [3.05, 3.63) is 133 Å². The van der Waals surface area contributed by atoms with Crippen LogP contribution in [0.15, 0.2) is 84.9 Å². The molecule has 0 atom stereocenters. The second-order valence-electron chi connectivity index (χ2n) is 9.20. The lowest BCUT2D eigenvalue weighted by atomic mass is 10.0. The minimum atomic E-state index is -0.0403.